The standard InChI is InChI=1S/3C36H21N5O/c1-3-13-25-22(10-1)34-30(19-9-21-37-34)39(25)31-18-7-11-23-33-29(17-8-20-32(33)42-35(23)31)41-28-16-6-5-15-27(28)40-26-14-4-2-12-24(26)38-36(40)41;1-3-12-26-22(9-1)23-19-20-37-21-32(23)39(26)31-17-7-10-24-34-30(16-8-18-33(34)42-35(24)31)41-29-15-6-5-14-28(29)40-27-13-4-2-11-25(27)38-36(40)41;1-3-12-26-22(9-1)24-21-37-20-19-27(24)39(26)32-17-7-10-23-34-31(16-8-18-33(34)42-35(23)32)41-30-15-6-5-14-29(30)40-28-13-4-2-11-25(28)38-36(40)41/h3*1-21H. The first-order valence-electron chi connectivity index (χ1n) is 42.1. The second-order valence-corrected chi connectivity index (χ2v) is 32.1. The molecule has 0 spiro atoms. The molecule has 18 heteroatoms. The van der Waals surface area contributed by atoms with E-state index in [4.69, 9.17) is 33.2 Å². The molecule has 0 aliphatic heterocycles. The molecule has 30 rings (SSSR count). The minimum atomic E-state index is 0.834. The predicted molar refractivity (Wildman–Crippen MR) is 507 cm³/mol. The van der Waals surface area contributed by atoms with Gasteiger partial charge in [-0.15, -0.1) is 0 Å². The van der Waals surface area contributed by atoms with E-state index in [0.29, 0.717) is 0 Å². The van der Waals surface area contributed by atoms with E-state index >= 15 is 0 Å². The summed E-state index contributed by atoms with van der Waals surface area (Å²) in [6.45, 7) is 0. The van der Waals surface area contributed by atoms with Gasteiger partial charge in [0.15, 0.2) is 16.7 Å². The zero-order valence-corrected chi connectivity index (χ0v) is 66.8. The zero-order valence-electron chi connectivity index (χ0n) is 66.8. The van der Waals surface area contributed by atoms with Gasteiger partial charge in [-0.1, -0.05) is 182 Å². The first-order valence-corrected chi connectivity index (χ1v) is 42.1. The lowest BCUT2D eigenvalue weighted by atomic mass is 10.1. The molecule has 0 bridgehead atoms. The Bertz CT molecular complexity index is 8840. The van der Waals surface area contributed by atoms with Crippen LogP contribution in [0.2, 0.25) is 0 Å². The lowest BCUT2D eigenvalue weighted by Crippen LogP contribution is -1.96. The molecule has 18 nitrogen and oxygen atoms in total. The van der Waals surface area contributed by atoms with Crippen LogP contribution in [-0.2, 0) is 0 Å². The number of hydrogen-bond acceptors (Lipinski definition) is 9. The van der Waals surface area contributed by atoms with Gasteiger partial charge in [-0.25, -0.2) is 15.0 Å². The average Bonchev–Trinajstić information content (AvgIpc) is 1.56. The van der Waals surface area contributed by atoms with Crippen LogP contribution in [0.1, 0.15) is 0 Å². The molecule has 15 heterocycles. The molecule has 15 aromatic heterocycles. The molecule has 0 N–H and O–H groups in total. The molecule has 0 saturated carbocycles. The van der Waals surface area contributed by atoms with Crippen molar-refractivity contribution in [2.45, 2.75) is 0 Å². The number of benzene rings is 15. The molecular formula is C108H63N15O3. The topological polar surface area (TPSA) is 160 Å². The van der Waals surface area contributed by atoms with Crippen molar-refractivity contribution in [2.24, 2.45) is 0 Å². The maximum absolute atomic E-state index is 6.75. The molecule has 126 heavy (non-hydrogen) atoms. The van der Waals surface area contributed by atoms with Crippen LogP contribution in [0.4, 0.5) is 0 Å². The number of para-hydroxylation sites is 18. The van der Waals surface area contributed by atoms with Crippen molar-refractivity contribution < 1.29 is 13.3 Å². The van der Waals surface area contributed by atoms with Crippen molar-refractivity contribution in [2.75, 3.05) is 0 Å². The van der Waals surface area contributed by atoms with Crippen LogP contribution in [0.5, 0.6) is 0 Å². The molecule has 0 aliphatic carbocycles. The van der Waals surface area contributed by atoms with Crippen LogP contribution in [0.3, 0.4) is 0 Å². The summed E-state index contributed by atoms with van der Waals surface area (Å²) >= 11 is 0. The van der Waals surface area contributed by atoms with Crippen LogP contribution < -0.4 is 0 Å². The average molecular weight is 1620 g/mol. The molecule has 15 aromatic carbocycles. The highest BCUT2D eigenvalue weighted by molar-refractivity contribution is 6.19. The van der Waals surface area contributed by atoms with Gasteiger partial charge in [0, 0.05) is 67.9 Å². The first kappa shape index (κ1) is 68.2. The number of rotatable bonds is 6. The van der Waals surface area contributed by atoms with Gasteiger partial charge in [-0.2, -0.15) is 0 Å². The smallest absolute Gasteiger partial charge is 0.220 e. The highest BCUT2D eigenvalue weighted by Crippen LogP contribution is 2.47. The van der Waals surface area contributed by atoms with Gasteiger partial charge in [-0.05, 0) is 170 Å². The summed E-state index contributed by atoms with van der Waals surface area (Å²) in [5, 5.41) is 12.1. The van der Waals surface area contributed by atoms with Crippen LogP contribution in [0, 0.1) is 0 Å². The maximum atomic E-state index is 6.75. The summed E-state index contributed by atoms with van der Waals surface area (Å²) in [5.74, 6) is 2.64. The van der Waals surface area contributed by atoms with Gasteiger partial charge in [0.25, 0.3) is 0 Å². The van der Waals surface area contributed by atoms with Gasteiger partial charge < -0.3 is 27.0 Å². The monoisotopic (exact) mass is 1620 g/mol. The molecular weight excluding hydrogens is 1560 g/mol. The van der Waals surface area contributed by atoms with E-state index in [1.807, 2.05) is 55.2 Å². The van der Waals surface area contributed by atoms with Crippen molar-refractivity contribution in [1.29, 1.82) is 0 Å². The highest BCUT2D eigenvalue weighted by Gasteiger charge is 2.29. The zero-order chi connectivity index (χ0) is 82.1. The van der Waals surface area contributed by atoms with Crippen LogP contribution >= 0.6 is 0 Å². The molecule has 0 unspecified atom stereocenters. The Labute approximate surface area is 711 Å². The van der Waals surface area contributed by atoms with Gasteiger partial charge in [0.1, 0.15) is 16.7 Å². The second-order valence-electron chi connectivity index (χ2n) is 32.1. The van der Waals surface area contributed by atoms with E-state index in [1.54, 1.807) is 0 Å². The maximum Gasteiger partial charge on any atom is 0.220 e. The van der Waals surface area contributed by atoms with Gasteiger partial charge >= 0.3 is 0 Å². The number of hydrogen-bond donors (Lipinski definition) is 0. The number of fused-ring (bicyclic) bond motifs is 33. The van der Waals surface area contributed by atoms with Crippen molar-refractivity contribution in [3.8, 4) is 34.1 Å². The minimum Gasteiger partial charge on any atom is -0.454 e. The van der Waals surface area contributed by atoms with Crippen molar-refractivity contribution in [3.05, 3.63) is 383 Å². The van der Waals surface area contributed by atoms with Crippen LogP contribution in [-0.4, -0.2) is 70.5 Å². The van der Waals surface area contributed by atoms with E-state index in [9.17, 15) is 0 Å². The van der Waals surface area contributed by atoms with Crippen molar-refractivity contribution in [3.63, 3.8) is 0 Å². The van der Waals surface area contributed by atoms with Crippen molar-refractivity contribution >= 4 is 215 Å². The minimum absolute atomic E-state index is 0.834. The summed E-state index contributed by atoms with van der Waals surface area (Å²) in [6, 6.07) is 122. The Balaban J connectivity index is 0.0000000961. The molecule has 0 aliphatic rings. The molecule has 0 fully saturated rings. The summed E-state index contributed by atoms with van der Waals surface area (Å²) in [6.07, 6.45) is 9.45. The summed E-state index contributed by atoms with van der Waals surface area (Å²) < 4.78 is 40.6. The Morgan fingerprint density at radius 3 is 0.952 bits per heavy atom. The molecule has 0 radical (unpaired) electrons. The number of pyridine rings is 3. The quantitative estimate of drug-likeness (QED) is 0.158. The Kier molecular flexibility index (Phi) is 14.0. The molecule has 588 valence electrons. The Morgan fingerprint density at radius 2 is 0.500 bits per heavy atom. The second kappa shape index (κ2) is 25.9. The third kappa shape index (κ3) is 9.40. The van der Waals surface area contributed by atoms with E-state index < -0.39 is 0 Å². The lowest BCUT2D eigenvalue weighted by molar-refractivity contribution is 0.666. The largest absolute Gasteiger partial charge is 0.454 e. The third-order valence-electron chi connectivity index (χ3n) is 25.6. The fraction of sp³-hybridized carbons (Fsp3) is 0. The van der Waals surface area contributed by atoms with Gasteiger partial charge in [-0.3, -0.25) is 41.9 Å². The summed E-state index contributed by atoms with van der Waals surface area (Å²) in [7, 11) is 0. The normalized spacial score (nSPS) is 12.3. The number of furan rings is 3. The first-order chi connectivity index (χ1) is 62.6. The fourth-order valence-electron chi connectivity index (χ4n) is 20.5. The Morgan fingerprint density at radius 1 is 0.190 bits per heavy atom. The number of imidazole rings is 6. The fourth-order valence-corrected chi connectivity index (χ4v) is 20.5. The van der Waals surface area contributed by atoms with Crippen LogP contribution in [0.15, 0.2) is 396 Å². The molecule has 0 saturated heterocycles. The van der Waals surface area contributed by atoms with E-state index in [-0.39, 0.29) is 0 Å². The van der Waals surface area contributed by atoms with Crippen LogP contribution in [0.25, 0.3) is 249 Å². The van der Waals surface area contributed by atoms with E-state index in [2.05, 4.69) is 378 Å². The molecule has 0 amide bonds. The SMILES string of the molecule is c1ccc2c(c1)nc1n(-c3cccc4oc5c(-n6c7ccccc7c7ccncc76)cccc5c34)c3ccccc3n21.c1ccc2c(c1)nc1n(-c3cccc4oc5c(-n6c7ccccc7c7cnccc76)cccc5c34)c3ccccc3n21.c1ccc2c(c1)nc1n(-c3cccc4oc5c(-n6c7ccccc7c7ncccc76)cccc5c34)c3ccccc3n21. The lowest BCUT2D eigenvalue weighted by Gasteiger charge is -2.09. The number of aromatic nitrogens is 15. The summed E-state index contributed by atoms with van der Waals surface area (Å²) in [5.41, 5.74) is 31.5. The van der Waals surface area contributed by atoms with Crippen molar-refractivity contribution in [1.82, 2.24) is 70.5 Å². The van der Waals surface area contributed by atoms with Gasteiger partial charge in [0.2, 0.25) is 17.3 Å². The summed E-state index contributed by atoms with van der Waals surface area (Å²) in [4.78, 5) is 29.0. The molecule has 30 aromatic rings. The highest BCUT2D eigenvalue weighted by atomic mass is 16.3. The Hall–Kier alpha value is -17.6. The predicted octanol–water partition coefficient (Wildman–Crippen LogP) is 26.5. The van der Waals surface area contributed by atoms with E-state index in [1.165, 1.54) is 16.2 Å². The molecule has 0 atom stereocenters. The number of nitrogens with zero attached hydrogens (tertiary/aromatic N) is 15. The van der Waals surface area contributed by atoms with Gasteiger partial charge in [0.05, 0.1) is 161 Å². The van der Waals surface area contributed by atoms with E-state index in [0.717, 1.165) is 233 Å². The third-order valence-corrected chi connectivity index (χ3v) is 25.6.